The minimum Gasteiger partial charge on any atom is -0.393 e. The van der Waals surface area contributed by atoms with Gasteiger partial charge >= 0.3 is 6.03 Å². The van der Waals surface area contributed by atoms with Gasteiger partial charge in [0.1, 0.15) is 11.6 Å². The Kier molecular flexibility index (Phi) is 5.80. The molecular weight excluding hydrogens is 314 g/mol. The zero-order chi connectivity index (χ0) is 17.9. The number of nitrogens with zero attached hydrogens (tertiary/aromatic N) is 1. The van der Waals surface area contributed by atoms with Crippen LogP contribution >= 0.6 is 0 Å². The van der Waals surface area contributed by atoms with Crippen LogP contribution in [-0.4, -0.2) is 34.7 Å². The summed E-state index contributed by atoms with van der Waals surface area (Å²) in [6.45, 7) is 6.21. The SMILES string of the molecule is CC(O)CC(C)(C)CNC(=O)N(Cc1ccc(F)cc1F)C1CC1. The van der Waals surface area contributed by atoms with Crippen LogP contribution in [0.3, 0.4) is 0 Å². The summed E-state index contributed by atoms with van der Waals surface area (Å²) in [5.74, 6) is -1.26. The molecule has 1 atom stereocenters. The molecule has 0 bridgehead atoms. The van der Waals surface area contributed by atoms with Crippen LogP contribution in [0, 0.1) is 17.0 Å². The van der Waals surface area contributed by atoms with Gasteiger partial charge < -0.3 is 15.3 Å². The molecule has 0 aromatic heterocycles. The number of hydrogen-bond acceptors (Lipinski definition) is 2. The Hall–Kier alpha value is -1.69. The minimum absolute atomic E-state index is 0.106. The van der Waals surface area contributed by atoms with Crippen molar-refractivity contribution in [3.63, 3.8) is 0 Å². The molecule has 1 aromatic carbocycles. The van der Waals surface area contributed by atoms with Crippen molar-refractivity contribution in [2.75, 3.05) is 6.54 Å². The van der Waals surface area contributed by atoms with Crippen molar-refractivity contribution in [2.24, 2.45) is 5.41 Å². The van der Waals surface area contributed by atoms with Gasteiger partial charge in [0, 0.05) is 24.2 Å². The molecule has 1 unspecified atom stereocenters. The number of benzene rings is 1. The number of carbonyl (C=O) groups excluding carboxylic acids is 1. The molecule has 4 nitrogen and oxygen atoms in total. The molecule has 1 fully saturated rings. The third kappa shape index (κ3) is 5.44. The van der Waals surface area contributed by atoms with E-state index in [1.54, 1.807) is 11.8 Å². The van der Waals surface area contributed by atoms with Crippen LogP contribution in [0.15, 0.2) is 18.2 Å². The first-order valence-corrected chi connectivity index (χ1v) is 8.34. The third-order valence-corrected chi connectivity index (χ3v) is 4.17. The fraction of sp³-hybridized carbons (Fsp3) is 0.611. The highest BCUT2D eigenvalue weighted by atomic mass is 19.1. The highest BCUT2D eigenvalue weighted by molar-refractivity contribution is 5.75. The van der Waals surface area contributed by atoms with Crippen molar-refractivity contribution in [1.29, 1.82) is 0 Å². The Balaban J connectivity index is 1.98. The van der Waals surface area contributed by atoms with Crippen LogP contribution in [0.4, 0.5) is 13.6 Å². The van der Waals surface area contributed by atoms with Crippen LogP contribution in [-0.2, 0) is 6.54 Å². The first-order valence-electron chi connectivity index (χ1n) is 8.34. The quantitative estimate of drug-likeness (QED) is 0.799. The summed E-state index contributed by atoms with van der Waals surface area (Å²) in [6.07, 6.45) is 1.92. The maximum Gasteiger partial charge on any atom is 0.317 e. The maximum atomic E-state index is 13.9. The normalized spacial score (nSPS) is 15.9. The summed E-state index contributed by atoms with van der Waals surface area (Å²) in [5.41, 5.74) is 0.0712. The molecule has 2 amide bonds. The summed E-state index contributed by atoms with van der Waals surface area (Å²) in [4.78, 5) is 14.1. The van der Waals surface area contributed by atoms with E-state index in [0.29, 0.717) is 18.5 Å². The second kappa shape index (κ2) is 7.47. The number of aliphatic hydroxyl groups excluding tert-OH is 1. The van der Waals surface area contributed by atoms with Gasteiger partial charge in [0.05, 0.1) is 12.6 Å². The Bertz CT molecular complexity index is 586. The predicted molar refractivity (Wildman–Crippen MR) is 88.4 cm³/mol. The van der Waals surface area contributed by atoms with Crippen molar-refractivity contribution < 1.29 is 18.7 Å². The number of amides is 2. The van der Waals surface area contributed by atoms with Gasteiger partial charge in [-0.2, -0.15) is 0 Å². The van der Waals surface area contributed by atoms with E-state index in [2.05, 4.69) is 5.32 Å². The number of urea groups is 1. The fourth-order valence-electron chi connectivity index (χ4n) is 2.87. The molecule has 134 valence electrons. The van der Waals surface area contributed by atoms with E-state index in [9.17, 15) is 18.7 Å². The first-order chi connectivity index (χ1) is 11.2. The Morgan fingerprint density at radius 1 is 1.42 bits per heavy atom. The lowest BCUT2D eigenvalue weighted by Crippen LogP contribution is -2.44. The maximum absolute atomic E-state index is 13.9. The van der Waals surface area contributed by atoms with Crippen molar-refractivity contribution in [3.05, 3.63) is 35.4 Å². The summed E-state index contributed by atoms with van der Waals surface area (Å²) in [6, 6.07) is 3.27. The lowest BCUT2D eigenvalue weighted by Gasteiger charge is -2.29. The van der Waals surface area contributed by atoms with E-state index >= 15 is 0 Å². The first kappa shape index (κ1) is 18.6. The van der Waals surface area contributed by atoms with Crippen LogP contribution < -0.4 is 5.32 Å². The van der Waals surface area contributed by atoms with Crippen molar-refractivity contribution in [1.82, 2.24) is 10.2 Å². The number of halogens is 2. The summed E-state index contributed by atoms with van der Waals surface area (Å²) < 4.78 is 26.9. The van der Waals surface area contributed by atoms with E-state index in [1.807, 2.05) is 13.8 Å². The van der Waals surface area contributed by atoms with Crippen LogP contribution in [0.1, 0.15) is 45.6 Å². The molecule has 0 aliphatic heterocycles. The van der Waals surface area contributed by atoms with Gasteiger partial charge in [-0.25, -0.2) is 13.6 Å². The average molecular weight is 340 g/mol. The van der Waals surface area contributed by atoms with Gasteiger partial charge in [-0.05, 0) is 37.7 Å². The smallest absolute Gasteiger partial charge is 0.317 e. The minimum atomic E-state index is -0.636. The number of rotatable bonds is 7. The molecule has 1 aliphatic carbocycles. The molecular formula is C18H26F2N2O2. The highest BCUT2D eigenvalue weighted by Gasteiger charge is 2.33. The molecule has 1 aromatic rings. The van der Waals surface area contributed by atoms with E-state index in [1.165, 1.54) is 12.1 Å². The van der Waals surface area contributed by atoms with Crippen LogP contribution in [0.5, 0.6) is 0 Å². The number of hydrogen-bond donors (Lipinski definition) is 2. The van der Waals surface area contributed by atoms with Gasteiger partial charge in [0.2, 0.25) is 0 Å². The zero-order valence-corrected chi connectivity index (χ0v) is 14.5. The molecule has 2 rings (SSSR count). The highest BCUT2D eigenvalue weighted by Crippen LogP contribution is 2.29. The van der Waals surface area contributed by atoms with Crippen LogP contribution in [0.2, 0.25) is 0 Å². The van der Waals surface area contributed by atoms with Gasteiger partial charge in [0.25, 0.3) is 0 Å². The number of nitrogens with one attached hydrogen (secondary N) is 1. The topological polar surface area (TPSA) is 52.6 Å². The summed E-state index contributed by atoms with van der Waals surface area (Å²) in [5, 5.41) is 12.4. The molecule has 1 saturated carbocycles. The molecule has 0 saturated heterocycles. The average Bonchev–Trinajstić information content (AvgIpc) is 3.27. The van der Waals surface area contributed by atoms with Gasteiger partial charge in [0.15, 0.2) is 0 Å². The monoisotopic (exact) mass is 340 g/mol. The summed E-state index contributed by atoms with van der Waals surface area (Å²) in [7, 11) is 0. The van der Waals surface area contributed by atoms with E-state index in [-0.39, 0.29) is 24.0 Å². The van der Waals surface area contributed by atoms with E-state index in [4.69, 9.17) is 0 Å². The molecule has 0 spiro atoms. The van der Waals surface area contributed by atoms with Gasteiger partial charge in [-0.1, -0.05) is 19.9 Å². The second-order valence-electron chi connectivity index (χ2n) is 7.47. The molecule has 6 heteroatoms. The second-order valence-corrected chi connectivity index (χ2v) is 7.47. The molecule has 1 aliphatic rings. The third-order valence-electron chi connectivity index (χ3n) is 4.17. The standard InChI is InChI=1S/C18H26F2N2O2/c1-12(23)9-18(2,3)11-21-17(24)22(15-6-7-15)10-13-4-5-14(19)8-16(13)20/h4-5,8,12,15,23H,6-7,9-11H2,1-3H3,(H,21,24). The van der Waals surface area contributed by atoms with Gasteiger partial charge in [-0.3, -0.25) is 0 Å². The summed E-state index contributed by atoms with van der Waals surface area (Å²) >= 11 is 0. The van der Waals surface area contributed by atoms with Gasteiger partial charge in [-0.15, -0.1) is 0 Å². The molecule has 0 heterocycles. The zero-order valence-electron chi connectivity index (χ0n) is 14.5. The van der Waals surface area contributed by atoms with E-state index < -0.39 is 17.7 Å². The van der Waals surface area contributed by atoms with Crippen molar-refractivity contribution >= 4 is 6.03 Å². The molecule has 2 N–H and O–H groups in total. The number of carbonyl (C=O) groups is 1. The number of aliphatic hydroxyl groups is 1. The van der Waals surface area contributed by atoms with Crippen molar-refractivity contribution in [2.45, 2.75) is 58.7 Å². The largest absolute Gasteiger partial charge is 0.393 e. The lowest BCUT2D eigenvalue weighted by molar-refractivity contribution is 0.126. The predicted octanol–water partition coefficient (Wildman–Crippen LogP) is 3.44. The van der Waals surface area contributed by atoms with Crippen molar-refractivity contribution in [3.8, 4) is 0 Å². The fourth-order valence-corrected chi connectivity index (χ4v) is 2.87. The molecule has 0 radical (unpaired) electrons. The van der Waals surface area contributed by atoms with Crippen LogP contribution in [0.25, 0.3) is 0 Å². The Morgan fingerprint density at radius 2 is 2.08 bits per heavy atom. The Labute approximate surface area is 141 Å². The van der Waals surface area contributed by atoms with E-state index in [0.717, 1.165) is 18.9 Å². The Morgan fingerprint density at radius 3 is 2.62 bits per heavy atom. The lowest BCUT2D eigenvalue weighted by atomic mass is 9.87. The molecule has 24 heavy (non-hydrogen) atoms.